The second-order valence-electron chi connectivity index (χ2n) is 5.04. The number of para-hydroxylation sites is 1. The normalized spacial score (nSPS) is 18.9. The average molecular weight is 219 g/mol. The molecular weight excluding hydrogens is 198 g/mol. The van der Waals surface area contributed by atoms with Crippen LogP contribution < -0.4 is 0 Å². The SMILES string of the molecule is Cc1cccc(CN2CCC(C)CC2)c1O. The van der Waals surface area contributed by atoms with Crippen LogP contribution >= 0.6 is 0 Å². The first-order chi connectivity index (χ1) is 7.66. The second kappa shape index (κ2) is 4.88. The second-order valence-corrected chi connectivity index (χ2v) is 5.04. The average Bonchev–Trinajstić information content (AvgIpc) is 2.28. The van der Waals surface area contributed by atoms with Gasteiger partial charge in [-0.3, -0.25) is 4.90 Å². The summed E-state index contributed by atoms with van der Waals surface area (Å²) in [6.45, 7) is 7.49. The molecule has 0 spiro atoms. The van der Waals surface area contributed by atoms with Crippen LogP contribution in [0.1, 0.15) is 30.9 Å². The molecule has 1 aromatic rings. The molecule has 0 unspecified atom stereocenters. The number of rotatable bonds is 2. The van der Waals surface area contributed by atoms with Gasteiger partial charge in [-0.2, -0.15) is 0 Å². The number of benzene rings is 1. The van der Waals surface area contributed by atoms with E-state index in [1.54, 1.807) is 0 Å². The highest BCUT2D eigenvalue weighted by atomic mass is 16.3. The number of phenolic OH excluding ortho intramolecular Hbond substituents is 1. The molecule has 0 saturated carbocycles. The molecule has 0 radical (unpaired) electrons. The lowest BCUT2D eigenvalue weighted by molar-refractivity contribution is 0.183. The molecule has 0 amide bonds. The van der Waals surface area contributed by atoms with Gasteiger partial charge in [0.2, 0.25) is 0 Å². The van der Waals surface area contributed by atoms with Crippen LogP contribution in [0.15, 0.2) is 18.2 Å². The van der Waals surface area contributed by atoms with Crippen molar-refractivity contribution in [1.29, 1.82) is 0 Å². The molecule has 1 aliphatic heterocycles. The molecule has 2 heteroatoms. The zero-order chi connectivity index (χ0) is 11.5. The molecule has 1 aliphatic rings. The van der Waals surface area contributed by atoms with E-state index < -0.39 is 0 Å². The number of nitrogens with zero attached hydrogens (tertiary/aromatic N) is 1. The first kappa shape index (κ1) is 11.5. The summed E-state index contributed by atoms with van der Waals surface area (Å²) in [5, 5.41) is 9.95. The maximum atomic E-state index is 9.95. The van der Waals surface area contributed by atoms with Gasteiger partial charge in [0.15, 0.2) is 0 Å². The molecule has 1 saturated heterocycles. The zero-order valence-corrected chi connectivity index (χ0v) is 10.2. The summed E-state index contributed by atoms with van der Waals surface area (Å²) < 4.78 is 0. The maximum Gasteiger partial charge on any atom is 0.122 e. The highest BCUT2D eigenvalue weighted by Gasteiger charge is 2.16. The number of phenols is 1. The number of piperidine rings is 1. The molecule has 1 heterocycles. The van der Waals surface area contributed by atoms with E-state index in [1.807, 2.05) is 25.1 Å². The van der Waals surface area contributed by atoms with Crippen molar-refractivity contribution in [3.63, 3.8) is 0 Å². The summed E-state index contributed by atoms with van der Waals surface area (Å²) in [5.74, 6) is 1.34. The van der Waals surface area contributed by atoms with Gasteiger partial charge in [-0.15, -0.1) is 0 Å². The molecule has 16 heavy (non-hydrogen) atoms. The lowest BCUT2D eigenvalue weighted by atomic mass is 9.98. The Morgan fingerprint density at radius 3 is 2.69 bits per heavy atom. The van der Waals surface area contributed by atoms with Crippen molar-refractivity contribution >= 4 is 0 Å². The summed E-state index contributed by atoms with van der Waals surface area (Å²) >= 11 is 0. The Labute approximate surface area is 97.9 Å². The van der Waals surface area contributed by atoms with Crippen LogP contribution in [0.3, 0.4) is 0 Å². The van der Waals surface area contributed by atoms with Gasteiger partial charge in [0, 0.05) is 12.1 Å². The van der Waals surface area contributed by atoms with Gasteiger partial charge in [-0.1, -0.05) is 25.1 Å². The van der Waals surface area contributed by atoms with Crippen LogP contribution in [0, 0.1) is 12.8 Å². The fourth-order valence-electron chi connectivity index (χ4n) is 2.31. The number of likely N-dealkylation sites (tertiary alicyclic amines) is 1. The number of aryl methyl sites for hydroxylation is 1. The predicted molar refractivity (Wildman–Crippen MR) is 66.5 cm³/mol. The largest absolute Gasteiger partial charge is 0.507 e. The Morgan fingerprint density at radius 1 is 1.31 bits per heavy atom. The first-order valence-corrected chi connectivity index (χ1v) is 6.16. The van der Waals surface area contributed by atoms with Gasteiger partial charge < -0.3 is 5.11 Å². The van der Waals surface area contributed by atoms with E-state index in [1.165, 1.54) is 12.8 Å². The molecule has 0 bridgehead atoms. The van der Waals surface area contributed by atoms with Crippen molar-refractivity contribution in [2.24, 2.45) is 5.92 Å². The molecule has 0 atom stereocenters. The minimum Gasteiger partial charge on any atom is -0.507 e. The Balaban J connectivity index is 2.01. The lowest BCUT2D eigenvalue weighted by Gasteiger charge is -2.30. The number of hydrogen-bond donors (Lipinski definition) is 1. The van der Waals surface area contributed by atoms with Crippen LogP contribution in [0.25, 0.3) is 0 Å². The first-order valence-electron chi connectivity index (χ1n) is 6.16. The molecule has 1 fully saturated rings. The molecule has 2 rings (SSSR count). The van der Waals surface area contributed by atoms with Gasteiger partial charge in [-0.25, -0.2) is 0 Å². The van der Waals surface area contributed by atoms with E-state index in [2.05, 4.69) is 11.8 Å². The van der Waals surface area contributed by atoms with Gasteiger partial charge in [-0.05, 0) is 44.3 Å². The van der Waals surface area contributed by atoms with E-state index in [-0.39, 0.29) is 0 Å². The van der Waals surface area contributed by atoms with Gasteiger partial charge >= 0.3 is 0 Å². The van der Waals surface area contributed by atoms with Gasteiger partial charge in [0.25, 0.3) is 0 Å². The molecule has 1 aromatic carbocycles. The summed E-state index contributed by atoms with van der Waals surface area (Å²) in [6, 6.07) is 6.01. The minimum absolute atomic E-state index is 0.473. The van der Waals surface area contributed by atoms with Crippen molar-refractivity contribution in [2.75, 3.05) is 13.1 Å². The van der Waals surface area contributed by atoms with Crippen LogP contribution in [-0.2, 0) is 6.54 Å². The van der Waals surface area contributed by atoms with Crippen LogP contribution in [-0.4, -0.2) is 23.1 Å². The molecule has 0 aliphatic carbocycles. The van der Waals surface area contributed by atoms with Gasteiger partial charge in [0.1, 0.15) is 5.75 Å². The summed E-state index contributed by atoms with van der Waals surface area (Å²) in [5.41, 5.74) is 2.04. The van der Waals surface area contributed by atoms with Crippen LogP contribution in [0.2, 0.25) is 0 Å². The van der Waals surface area contributed by atoms with E-state index >= 15 is 0 Å². The highest BCUT2D eigenvalue weighted by Crippen LogP contribution is 2.25. The number of hydrogen-bond acceptors (Lipinski definition) is 2. The Kier molecular flexibility index (Phi) is 3.49. The molecule has 2 nitrogen and oxygen atoms in total. The molecule has 1 N–H and O–H groups in total. The predicted octanol–water partition coefficient (Wildman–Crippen LogP) is 2.93. The molecule has 0 aromatic heterocycles. The zero-order valence-electron chi connectivity index (χ0n) is 10.2. The van der Waals surface area contributed by atoms with E-state index in [0.29, 0.717) is 5.75 Å². The van der Waals surface area contributed by atoms with Crippen molar-refractivity contribution in [1.82, 2.24) is 4.90 Å². The number of aromatic hydroxyl groups is 1. The van der Waals surface area contributed by atoms with E-state index in [4.69, 9.17) is 0 Å². The Morgan fingerprint density at radius 2 is 2.00 bits per heavy atom. The van der Waals surface area contributed by atoms with Crippen molar-refractivity contribution in [3.8, 4) is 5.75 Å². The quantitative estimate of drug-likeness (QED) is 0.826. The van der Waals surface area contributed by atoms with E-state index in [0.717, 1.165) is 36.7 Å². The molecule has 88 valence electrons. The third-order valence-electron chi connectivity index (χ3n) is 3.59. The fourth-order valence-corrected chi connectivity index (χ4v) is 2.31. The Bertz CT molecular complexity index is 354. The summed E-state index contributed by atoms with van der Waals surface area (Å²) in [4.78, 5) is 2.44. The third-order valence-corrected chi connectivity index (χ3v) is 3.59. The minimum atomic E-state index is 0.473. The monoisotopic (exact) mass is 219 g/mol. The van der Waals surface area contributed by atoms with Crippen molar-refractivity contribution in [3.05, 3.63) is 29.3 Å². The highest BCUT2D eigenvalue weighted by molar-refractivity contribution is 5.39. The van der Waals surface area contributed by atoms with E-state index in [9.17, 15) is 5.11 Å². The standard InChI is InChI=1S/C14H21NO/c1-11-6-8-15(9-7-11)10-13-5-3-4-12(2)14(13)16/h3-5,11,16H,6-10H2,1-2H3. The summed E-state index contributed by atoms with van der Waals surface area (Å²) in [7, 11) is 0. The molecular formula is C14H21NO. The van der Waals surface area contributed by atoms with Gasteiger partial charge in [0.05, 0.1) is 0 Å². The van der Waals surface area contributed by atoms with Crippen molar-refractivity contribution < 1.29 is 5.11 Å². The fraction of sp³-hybridized carbons (Fsp3) is 0.571. The Hall–Kier alpha value is -1.02. The lowest BCUT2D eigenvalue weighted by Crippen LogP contribution is -2.32. The van der Waals surface area contributed by atoms with Crippen LogP contribution in [0.4, 0.5) is 0 Å². The topological polar surface area (TPSA) is 23.5 Å². The summed E-state index contributed by atoms with van der Waals surface area (Å²) in [6.07, 6.45) is 2.57. The van der Waals surface area contributed by atoms with Crippen LogP contribution in [0.5, 0.6) is 5.75 Å². The van der Waals surface area contributed by atoms with Crippen molar-refractivity contribution in [2.45, 2.75) is 33.2 Å². The smallest absolute Gasteiger partial charge is 0.122 e. The maximum absolute atomic E-state index is 9.95. The third kappa shape index (κ3) is 2.56.